The predicted molar refractivity (Wildman–Crippen MR) is 59.5 cm³/mol. The summed E-state index contributed by atoms with van der Waals surface area (Å²) in [6, 6.07) is 0. The number of carboxylic acid groups (broad SMARTS) is 1. The highest BCUT2D eigenvalue weighted by Gasteiger charge is 2.21. The Kier molecular flexibility index (Phi) is 2.31. The standard InChI is InChI=1S/C10H10N2O3S/c1-4-7(6(3)13)12-5(2)8(9(14)15)16-10(12)11-4/h1-3H3,(H,14,15). The molecule has 0 aliphatic heterocycles. The first kappa shape index (κ1) is 10.8. The Morgan fingerprint density at radius 3 is 2.50 bits per heavy atom. The van der Waals surface area contributed by atoms with Crippen molar-refractivity contribution in [2.45, 2.75) is 20.8 Å². The van der Waals surface area contributed by atoms with E-state index in [1.165, 1.54) is 6.92 Å². The Bertz CT molecular complexity index is 609. The highest BCUT2D eigenvalue weighted by Crippen LogP contribution is 2.25. The summed E-state index contributed by atoms with van der Waals surface area (Å²) in [5, 5.41) is 8.97. The second-order valence-electron chi connectivity index (χ2n) is 3.54. The SMILES string of the molecule is CC(=O)c1c(C)nc2sc(C(=O)O)c(C)n12. The van der Waals surface area contributed by atoms with Crippen molar-refractivity contribution in [2.24, 2.45) is 0 Å². The summed E-state index contributed by atoms with van der Waals surface area (Å²) in [5.41, 5.74) is 1.66. The predicted octanol–water partition coefficient (Wildman–Crippen LogP) is 1.91. The van der Waals surface area contributed by atoms with Gasteiger partial charge in [0.2, 0.25) is 0 Å². The summed E-state index contributed by atoms with van der Waals surface area (Å²) in [5.74, 6) is -1.09. The van der Waals surface area contributed by atoms with Gasteiger partial charge in [0, 0.05) is 12.6 Å². The number of carbonyl (C=O) groups is 2. The van der Waals surface area contributed by atoms with Crippen LogP contribution in [0.2, 0.25) is 0 Å². The Morgan fingerprint density at radius 2 is 2.00 bits per heavy atom. The molecule has 0 spiro atoms. The zero-order chi connectivity index (χ0) is 12.0. The van der Waals surface area contributed by atoms with E-state index >= 15 is 0 Å². The van der Waals surface area contributed by atoms with Crippen molar-refractivity contribution in [1.29, 1.82) is 0 Å². The number of rotatable bonds is 2. The molecule has 0 aliphatic carbocycles. The van der Waals surface area contributed by atoms with Gasteiger partial charge in [-0.1, -0.05) is 11.3 Å². The molecular weight excluding hydrogens is 228 g/mol. The molecule has 0 fully saturated rings. The zero-order valence-corrected chi connectivity index (χ0v) is 9.88. The number of ketones is 1. The number of carbonyl (C=O) groups excluding carboxylic acids is 1. The minimum absolute atomic E-state index is 0.108. The van der Waals surface area contributed by atoms with Gasteiger partial charge in [0.05, 0.1) is 5.69 Å². The molecule has 0 aromatic carbocycles. The van der Waals surface area contributed by atoms with Gasteiger partial charge in [0.25, 0.3) is 0 Å². The summed E-state index contributed by atoms with van der Waals surface area (Å²) in [4.78, 5) is 27.4. The maximum absolute atomic E-state index is 11.5. The summed E-state index contributed by atoms with van der Waals surface area (Å²) in [6.07, 6.45) is 0. The van der Waals surface area contributed by atoms with E-state index in [-0.39, 0.29) is 10.7 Å². The lowest BCUT2D eigenvalue weighted by molar-refractivity contribution is 0.0700. The third kappa shape index (κ3) is 1.34. The average molecular weight is 238 g/mol. The first-order valence-corrected chi connectivity index (χ1v) is 5.47. The van der Waals surface area contributed by atoms with Gasteiger partial charge in [-0.15, -0.1) is 0 Å². The maximum atomic E-state index is 11.5. The molecule has 6 heteroatoms. The van der Waals surface area contributed by atoms with Crippen LogP contribution < -0.4 is 0 Å². The molecule has 2 aromatic rings. The Hall–Kier alpha value is -1.69. The molecule has 1 N–H and O–H groups in total. The fourth-order valence-corrected chi connectivity index (χ4v) is 2.77. The van der Waals surface area contributed by atoms with E-state index in [0.717, 1.165) is 11.3 Å². The molecule has 84 valence electrons. The summed E-state index contributed by atoms with van der Waals surface area (Å²) in [7, 11) is 0. The molecule has 0 bridgehead atoms. The molecule has 0 unspecified atom stereocenters. The summed E-state index contributed by atoms with van der Waals surface area (Å²) >= 11 is 1.08. The van der Waals surface area contributed by atoms with Crippen LogP contribution >= 0.6 is 11.3 Å². The monoisotopic (exact) mass is 238 g/mol. The van der Waals surface area contributed by atoms with Crippen molar-refractivity contribution in [1.82, 2.24) is 9.38 Å². The molecule has 2 rings (SSSR count). The van der Waals surface area contributed by atoms with Crippen LogP contribution in [-0.4, -0.2) is 26.2 Å². The second-order valence-corrected chi connectivity index (χ2v) is 4.52. The second kappa shape index (κ2) is 3.41. The van der Waals surface area contributed by atoms with Crippen LogP contribution in [-0.2, 0) is 0 Å². The van der Waals surface area contributed by atoms with Crippen LogP contribution in [0, 0.1) is 13.8 Å². The van der Waals surface area contributed by atoms with E-state index in [2.05, 4.69) is 4.98 Å². The van der Waals surface area contributed by atoms with Crippen LogP contribution in [0.3, 0.4) is 0 Å². The molecule has 0 amide bonds. The molecule has 2 heterocycles. The average Bonchev–Trinajstić information content (AvgIpc) is 2.62. The van der Waals surface area contributed by atoms with Crippen molar-refractivity contribution >= 4 is 28.1 Å². The molecule has 0 radical (unpaired) electrons. The van der Waals surface area contributed by atoms with E-state index in [1.54, 1.807) is 18.2 Å². The van der Waals surface area contributed by atoms with Gasteiger partial charge in [-0.2, -0.15) is 0 Å². The van der Waals surface area contributed by atoms with Crippen molar-refractivity contribution in [3.05, 3.63) is 22.0 Å². The molecule has 2 aromatic heterocycles. The lowest BCUT2D eigenvalue weighted by atomic mass is 10.2. The van der Waals surface area contributed by atoms with E-state index in [1.807, 2.05) is 0 Å². The lowest BCUT2D eigenvalue weighted by Crippen LogP contribution is -2.04. The van der Waals surface area contributed by atoms with E-state index in [4.69, 9.17) is 5.11 Å². The number of aromatic nitrogens is 2. The van der Waals surface area contributed by atoms with Gasteiger partial charge in [0.15, 0.2) is 10.7 Å². The number of hydrogen-bond donors (Lipinski definition) is 1. The number of aryl methyl sites for hydroxylation is 2. The van der Waals surface area contributed by atoms with Crippen LogP contribution in [0.4, 0.5) is 0 Å². The van der Waals surface area contributed by atoms with Crippen molar-refractivity contribution in [3.8, 4) is 0 Å². The van der Waals surface area contributed by atoms with Crippen molar-refractivity contribution in [3.63, 3.8) is 0 Å². The Labute approximate surface area is 95.4 Å². The normalized spacial score (nSPS) is 10.9. The van der Waals surface area contributed by atoms with Gasteiger partial charge < -0.3 is 5.11 Å². The lowest BCUT2D eigenvalue weighted by Gasteiger charge is -1.98. The number of hydrogen-bond acceptors (Lipinski definition) is 4. The van der Waals surface area contributed by atoms with Crippen LogP contribution in [0.25, 0.3) is 4.96 Å². The third-order valence-electron chi connectivity index (χ3n) is 2.41. The first-order chi connectivity index (χ1) is 7.43. The number of nitrogens with zero attached hydrogens (tertiary/aromatic N) is 2. The molecule has 16 heavy (non-hydrogen) atoms. The highest BCUT2D eigenvalue weighted by atomic mass is 32.1. The van der Waals surface area contributed by atoms with Crippen LogP contribution in [0.5, 0.6) is 0 Å². The van der Waals surface area contributed by atoms with E-state index in [0.29, 0.717) is 22.0 Å². The van der Waals surface area contributed by atoms with Crippen LogP contribution in [0.1, 0.15) is 38.5 Å². The first-order valence-electron chi connectivity index (χ1n) is 4.66. The Morgan fingerprint density at radius 1 is 1.38 bits per heavy atom. The molecule has 5 nitrogen and oxygen atoms in total. The smallest absolute Gasteiger partial charge is 0.347 e. The van der Waals surface area contributed by atoms with Crippen LogP contribution in [0.15, 0.2) is 0 Å². The highest BCUT2D eigenvalue weighted by molar-refractivity contribution is 7.19. The van der Waals surface area contributed by atoms with E-state index in [9.17, 15) is 9.59 Å². The summed E-state index contributed by atoms with van der Waals surface area (Å²) in [6.45, 7) is 4.88. The number of aromatic carboxylic acids is 1. The topological polar surface area (TPSA) is 71.7 Å². The number of carboxylic acids is 1. The van der Waals surface area contributed by atoms with Crippen molar-refractivity contribution in [2.75, 3.05) is 0 Å². The number of Topliss-reactive ketones (excluding diaryl/α,β-unsaturated/α-hetero) is 1. The fourth-order valence-electron chi connectivity index (χ4n) is 1.76. The molecular formula is C10H10N2O3S. The van der Waals surface area contributed by atoms with Crippen molar-refractivity contribution < 1.29 is 14.7 Å². The molecule has 0 saturated heterocycles. The minimum atomic E-state index is -0.986. The number of imidazole rings is 1. The van der Waals surface area contributed by atoms with E-state index < -0.39 is 5.97 Å². The molecule has 0 saturated carbocycles. The van der Waals surface area contributed by atoms with Gasteiger partial charge in [-0.3, -0.25) is 9.20 Å². The maximum Gasteiger partial charge on any atom is 0.347 e. The molecule has 0 atom stereocenters. The zero-order valence-electron chi connectivity index (χ0n) is 9.07. The van der Waals surface area contributed by atoms with Gasteiger partial charge in [0.1, 0.15) is 10.6 Å². The van der Waals surface area contributed by atoms with Gasteiger partial charge >= 0.3 is 5.97 Å². The van der Waals surface area contributed by atoms with Gasteiger partial charge in [-0.25, -0.2) is 9.78 Å². The largest absolute Gasteiger partial charge is 0.477 e. The molecule has 0 aliphatic rings. The number of thiazole rings is 1. The Balaban J connectivity index is 2.86. The fraction of sp³-hybridized carbons (Fsp3) is 0.300. The quantitative estimate of drug-likeness (QED) is 0.811. The summed E-state index contributed by atoms with van der Waals surface area (Å²) < 4.78 is 1.62. The third-order valence-corrected chi connectivity index (χ3v) is 3.54. The minimum Gasteiger partial charge on any atom is -0.477 e. The van der Waals surface area contributed by atoms with Gasteiger partial charge in [-0.05, 0) is 13.8 Å². The number of fused-ring (bicyclic) bond motifs is 1.